The molecule has 0 spiro atoms. The molecule has 0 saturated heterocycles. The molecule has 0 aliphatic rings. The summed E-state index contributed by atoms with van der Waals surface area (Å²) in [4.78, 5) is 18.3. The van der Waals surface area contributed by atoms with Gasteiger partial charge in [0.15, 0.2) is 0 Å². The summed E-state index contributed by atoms with van der Waals surface area (Å²) in [6.07, 6.45) is 0. The van der Waals surface area contributed by atoms with E-state index in [0.717, 1.165) is 0 Å². The van der Waals surface area contributed by atoms with Crippen LogP contribution >= 0.6 is 35.7 Å². The van der Waals surface area contributed by atoms with Crippen LogP contribution < -0.4 is 0 Å². The molecule has 0 saturated carbocycles. The molecule has 0 atom stereocenters. The van der Waals surface area contributed by atoms with Crippen LogP contribution in [0, 0.1) is 0 Å². The van der Waals surface area contributed by atoms with E-state index in [9.17, 15) is 0 Å². The van der Waals surface area contributed by atoms with E-state index in [4.69, 9.17) is 35.7 Å². The van der Waals surface area contributed by atoms with Crippen LogP contribution in [-0.2, 0) is 0 Å². The Bertz CT molecular complexity index is 218. The molecule has 0 heterocycles. The third kappa shape index (κ3) is 4.21. The van der Waals surface area contributed by atoms with Crippen LogP contribution in [0.15, 0.2) is 0 Å². The first-order valence-electron chi connectivity index (χ1n) is 5.76. The van der Waals surface area contributed by atoms with Crippen LogP contribution in [-0.4, -0.2) is 69.0 Å². The predicted octanol–water partition coefficient (Wildman–Crippen LogP) is 6.12. The molecule has 0 bridgehead atoms. The Kier molecular flexibility index (Phi) is 8.12. The zero-order valence-electron chi connectivity index (χ0n) is 12.0. The standard InChI is InChI=1S/8CH3.C.4ClH.4Sn/h8*1H3;;4*1H;;;;/q;;;;;;;;;;;;;4*+1/p-4. The van der Waals surface area contributed by atoms with E-state index in [2.05, 4.69) is 39.5 Å². The SMILES string of the molecule is [CH3][Sn]([CH3])([Cl])[C]([Sn]([CH3])([CH3])[Cl])([Sn]([CH3])([CH3])[Cl])[Sn]([CH3])([CH3])[Cl]. The summed E-state index contributed by atoms with van der Waals surface area (Å²) in [7, 11) is 28.1. The molecule has 0 aromatic rings. The van der Waals surface area contributed by atoms with E-state index >= 15 is 0 Å². The molecule has 8 heteroatoms. The average molecular weight is 749 g/mol. The summed E-state index contributed by atoms with van der Waals surface area (Å²) in [5, 5.41) is 0. The van der Waals surface area contributed by atoms with Crippen molar-refractivity contribution in [3.05, 3.63) is 0 Å². The second-order valence-electron chi connectivity index (χ2n) is 6.64. The molecule has 0 N–H and O–H groups in total. The van der Waals surface area contributed by atoms with Gasteiger partial charge in [-0.25, -0.2) is 0 Å². The summed E-state index contributed by atoms with van der Waals surface area (Å²) >= 11 is -11.2. The molecule has 0 fully saturated rings. The maximum absolute atomic E-state index is 7.02. The zero-order chi connectivity index (χ0) is 14.5. The van der Waals surface area contributed by atoms with Gasteiger partial charge < -0.3 is 0 Å². The Morgan fingerprint density at radius 3 is 0.588 bits per heavy atom. The van der Waals surface area contributed by atoms with Crippen molar-refractivity contribution in [3.8, 4) is 0 Å². The molecule has 0 aliphatic carbocycles. The van der Waals surface area contributed by atoms with Crippen molar-refractivity contribution in [3.63, 3.8) is 0 Å². The van der Waals surface area contributed by atoms with Crippen LogP contribution in [0.1, 0.15) is 0 Å². The number of hydrogen-bond acceptors (Lipinski definition) is 0. The third-order valence-corrected chi connectivity index (χ3v) is 212. The van der Waals surface area contributed by atoms with Crippen molar-refractivity contribution in [2.45, 2.75) is 37.0 Å². The Hall–Kier alpha value is 4.35. The molecule has 0 aromatic heterocycles. The van der Waals surface area contributed by atoms with E-state index in [1.165, 1.54) is 0 Å². The Morgan fingerprint density at radius 2 is 0.588 bits per heavy atom. The number of rotatable bonds is 4. The van der Waals surface area contributed by atoms with Gasteiger partial charge in [-0.2, -0.15) is 0 Å². The van der Waals surface area contributed by atoms with Crippen LogP contribution in [0.2, 0.25) is 37.0 Å². The second-order valence-corrected chi connectivity index (χ2v) is 98.6. The molecule has 104 valence electrons. The van der Waals surface area contributed by atoms with Gasteiger partial charge in [0.25, 0.3) is 0 Å². The zero-order valence-corrected chi connectivity index (χ0v) is 26.5. The fourth-order valence-electron chi connectivity index (χ4n) is 4.24. The monoisotopic (exact) mass is 752 g/mol. The first kappa shape index (κ1) is 21.4. The number of halogens is 4. The van der Waals surface area contributed by atoms with Gasteiger partial charge >= 0.3 is 142 Å². The Morgan fingerprint density at radius 1 is 0.471 bits per heavy atom. The minimum atomic E-state index is -2.81. The van der Waals surface area contributed by atoms with Gasteiger partial charge in [-0.1, -0.05) is 0 Å². The molecular weight excluding hydrogens is 725 g/mol. The Labute approximate surface area is 138 Å². The van der Waals surface area contributed by atoms with Gasteiger partial charge in [0, 0.05) is 0 Å². The van der Waals surface area contributed by atoms with Crippen molar-refractivity contribution in [1.29, 1.82) is 0 Å². The summed E-state index contributed by atoms with van der Waals surface area (Å²) in [5.41, 5.74) is 0. The fourth-order valence-corrected chi connectivity index (χ4v) is 331. The summed E-state index contributed by atoms with van der Waals surface area (Å²) in [5.74, 6) is 0. The molecule has 0 rings (SSSR count). The molecule has 0 aromatic carbocycles. The van der Waals surface area contributed by atoms with Crippen LogP contribution in [0.5, 0.6) is 0 Å². The molecule has 0 unspecified atom stereocenters. The van der Waals surface area contributed by atoms with E-state index < -0.39 is 69.0 Å². The first-order chi connectivity index (χ1) is 7.00. The van der Waals surface area contributed by atoms with E-state index in [1.807, 2.05) is 0 Å². The maximum atomic E-state index is 7.02. The number of hydrogen-bond donors (Lipinski definition) is 0. The molecule has 0 aliphatic heterocycles. The minimum absolute atomic E-state index is 0.152. The van der Waals surface area contributed by atoms with Crippen molar-refractivity contribution in [2.75, 3.05) is 0 Å². The van der Waals surface area contributed by atoms with Crippen molar-refractivity contribution < 1.29 is 0 Å². The van der Waals surface area contributed by atoms with Gasteiger partial charge in [-0.15, -0.1) is 0 Å². The topological polar surface area (TPSA) is 0 Å². The van der Waals surface area contributed by atoms with E-state index in [1.54, 1.807) is 0 Å². The van der Waals surface area contributed by atoms with E-state index in [0.29, 0.717) is 0 Å². The third-order valence-electron chi connectivity index (χ3n) is 3.57. The van der Waals surface area contributed by atoms with Gasteiger partial charge in [0.1, 0.15) is 0 Å². The van der Waals surface area contributed by atoms with Crippen molar-refractivity contribution in [2.24, 2.45) is 0 Å². The van der Waals surface area contributed by atoms with Crippen LogP contribution in [0.25, 0.3) is 0 Å². The molecule has 0 radical (unpaired) electrons. The van der Waals surface area contributed by atoms with E-state index in [-0.39, 0.29) is -2.52 Å². The van der Waals surface area contributed by atoms with Crippen LogP contribution in [0.3, 0.4) is 0 Å². The molecular formula is C9H24Cl4Sn4. The molecule has 17 heavy (non-hydrogen) atoms. The van der Waals surface area contributed by atoms with Gasteiger partial charge in [0.05, 0.1) is 0 Å². The summed E-state index contributed by atoms with van der Waals surface area (Å²) in [6, 6.07) is 0. The fraction of sp³-hybridized carbons (Fsp3) is 1.00. The van der Waals surface area contributed by atoms with Crippen LogP contribution in [0.4, 0.5) is 0 Å². The predicted molar refractivity (Wildman–Crippen MR) is 96.0 cm³/mol. The van der Waals surface area contributed by atoms with Gasteiger partial charge in [-0.05, 0) is 0 Å². The summed E-state index contributed by atoms with van der Waals surface area (Å²) in [6.45, 7) is 0. The normalized spacial score (nSPS) is 16.2. The molecule has 0 amide bonds. The first-order valence-corrected chi connectivity index (χ1v) is 48.8. The van der Waals surface area contributed by atoms with Gasteiger partial charge in [0.2, 0.25) is 0 Å². The van der Waals surface area contributed by atoms with Crippen molar-refractivity contribution in [1.82, 2.24) is 0 Å². The summed E-state index contributed by atoms with van der Waals surface area (Å²) < 4.78 is 0.152. The Balaban J connectivity index is 6.37. The second kappa shape index (κ2) is 6.46. The molecule has 0 nitrogen and oxygen atoms in total. The van der Waals surface area contributed by atoms with Gasteiger partial charge in [-0.3, -0.25) is 0 Å². The quantitative estimate of drug-likeness (QED) is 0.305. The average Bonchev–Trinajstić information content (AvgIpc) is 1.67. The van der Waals surface area contributed by atoms with Crippen molar-refractivity contribution >= 4 is 105 Å².